The fourth-order valence-corrected chi connectivity index (χ4v) is 4.62. The minimum Gasteiger partial charge on any atom is -0.316 e. The van der Waals surface area contributed by atoms with E-state index in [9.17, 15) is 13.2 Å². The molecule has 2 aliphatic rings. The standard InChI is InChI=1S/C17H30F3N/c1-3-12-4-6-13(7-5-12)16(21-2)14-8-10-15(11-9-14)17(18,19)20/h12-16,21H,3-11H2,1-2H3. The molecule has 0 aromatic rings. The molecule has 21 heavy (non-hydrogen) atoms. The van der Waals surface area contributed by atoms with E-state index in [2.05, 4.69) is 12.2 Å². The van der Waals surface area contributed by atoms with Crippen LogP contribution in [0.2, 0.25) is 0 Å². The Morgan fingerprint density at radius 3 is 1.76 bits per heavy atom. The number of hydrogen-bond donors (Lipinski definition) is 1. The summed E-state index contributed by atoms with van der Waals surface area (Å²) in [6.07, 6.45) is 4.54. The Bertz CT molecular complexity index is 300. The molecule has 1 unspecified atom stereocenters. The summed E-state index contributed by atoms with van der Waals surface area (Å²) >= 11 is 0. The van der Waals surface area contributed by atoms with Crippen molar-refractivity contribution in [3.8, 4) is 0 Å². The van der Waals surface area contributed by atoms with Crippen LogP contribution < -0.4 is 5.32 Å². The lowest BCUT2D eigenvalue weighted by Gasteiger charge is -2.40. The maximum atomic E-state index is 12.8. The highest BCUT2D eigenvalue weighted by atomic mass is 19.4. The second kappa shape index (κ2) is 7.34. The summed E-state index contributed by atoms with van der Waals surface area (Å²) in [7, 11) is 1.99. The molecule has 0 saturated heterocycles. The quantitative estimate of drug-likeness (QED) is 0.756. The SMILES string of the molecule is CCC1CCC(C(NC)C2CCC(C(F)(F)F)CC2)CC1. The van der Waals surface area contributed by atoms with Crippen molar-refractivity contribution >= 4 is 0 Å². The van der Waals surface area contributed by atoms with Gasteiger partial charge in [0.1, 0.15) is 0 Å². The van der Waals surface area contributed by atoms with Crippen LogP contribution in [0.25, 0.3) is 0 Å². The number of halogens is 3. The van der Waals surface area contributed by atoms with Crippen LogP contribution in [0, 0.1) is 23.7 Å². The molecule has 0 amide bonds. The molecule has 2 fully saturated rings. The maximum absolute atomic E-state index is 12.8. The van der Waals surface area contributed by atoms with Crippen LogP contribution >= 0.6 is 0 Å². The van der Waals surface area contributed by atoms with E-state index in [0.29, 0.717) is 30.7 Å². The van der Waals surface area contributed by atoms with Crippen molar-refractivity contribution in [2.45, 2.75) is 76.9 Å². The molecule has 2 aliphatic carbocycles. The largest absolute Gasteiger partial charge is 0.391 e. The molecule has 0 aromatic heterocycles. The van der Waals surface area contributed by atoms with E-state index < -0.39 is 12.1 Å². The summed E-state index contributed by atoms with van der Waals surface area (Å²) in [4.78, 5) is 0. The van der Waals surface area contributed by atoms with Gasteiger partial charge in [-0.25, -0.2) is 0 Å². The van der Waals surface area contributed by atoms with E-state index in [1.54, 1.807) is 0 Å². The molecule has 1 N–H and O–H groups in total. The zero-order valence-electron chi connectivity index (χ0n) is 13.4. The van der Waals surface area contributed by atoms with Gasteiger partial charge in [-0.3, -0.25) is 0 Å². The molecule has 0 aromatic carbocycles. The minimum absolute atomic E-state index is 0.330. The Labute approximate surface area is 127 Å². The van der Waals surface area contributed by atoms with Crippen molar-refractivity contribution in [3.05, 3.63) is 0 Å². The van der Waals surface area contributed by atoms with Crippen LogP contribution in [0.1, 0.15) is 64.7 Å². The van der Waals surface area contributed by atoms with Gasteiger partial charge in [-0.15, -0.1) is 0 Å². The lowest BCUT2D eigenvalue weighted by Crippen LogP contribution is -2.44. The van der Waals surface area contributed by atoms with E-state index in [-0.39, 0.29) is 0 Å². The molecule has 0 radical (unpaired) electrons. The summed E-state index contributed by atoms with van der Waals surface area (Å²) in [5.41, 5.74) is 0. The second-order valence-corrected chi connectivity index (χ2v) is 7.16. The lowest BCUT2D eigenvalue weighted by atomic mass is 9.70. The first-order valence-electron chi connectivity index (χ1n) is 8.69. The summed E-state index contributed by atoms with van der Waals surface area (Å²) in [6, 6.07) is 0.428. The number of alkyl halides is 3. The topological polar surface area (TPSA) is 12.0 Å². The van der Waals surface area contributed by atoms with Crippen molar-refractivity contribution in [2.24, 2.45) is 23.7 Å². The normalized spacial score (nSPS) is 36.4. The average Bonchev–Trinajstić information content (AvgIpc) is 2.48. The molecular formula is C17H30F3N. The molecule has 0 heterocycles. The van der Waals surface area contributed by atoms with Gasteiger partial charge in [-0.05, 0) is 63.3 Å². The Balaban J connectivity index is 1.85. The Morgan fingerprint density at radius 2 is 1.38 bits per heavy atom. The molecule has 4 heteroatoms. The highest BCUT2D eigenvalue weighted by Gasteiger charge is 2.43. The third kappa shape index (κ3) is 4.37. The predicted octanol–water partition coefficient (Wildman–Crippen LogP) is 5.16. The van der Waals surface area contributed by atoms with Crippen molar-refractivity contribution in [3.63, 3.8) is 0 Å². The molecule has 124 valence electrons. The van der Waals surface area contributed by atoms with Crippen LogP contribution in [0.3, 0.4) is 0 Å². The summed E-state index contributed by atoms with van der Waals surface area (Å²) in [5.74, 6) is 0.934. The van der Waals surface area contributed by atoms with E-state index in [1.165, 1.54) is 32.1 Å². The summed E-state index contributed by atoms with van der Waals surface area (Å²) < 4.78 is 38.3. The molecule has 1 atom stereocenters. The first kappa shape index (κ1) is 17.1. The number of hydrogen-bond acceptors (Lipinski definition) is 1. The third-order valence-corrected chi connectivity index (χ3v) is 6.05. The van der Waals surface area contributed by atoms with Crippen LogP contribution in [-0.2, 0) is 0 Å². The smallest absolute Gasteiger partial charge is 0.316 e. The van der Waals surface area contributed by atoms with Gasteiger partial charge in [0, 0.05) is 6.04 Å². The van der Waals surface area contributed by atoms with Crippen LogP contribution in [0.15, 0.2) is 0 Å². The highest BCUT2D eigenvalue weighted by molar-refractivity contribution is 4.89. The minimum atomic E-state index is -3.99. The number of rotatable bonds is 4. The zero-order chi connectivity index (χ0) is 15.5. The van der Waals surface area contributed by atoms with Crippen molar-refractivity contribution in [2.75, 3.05) is 7.05 Å². The van der Waals surface area contributed by atoms with Gasteiger partial charge in [0.25, 0.3) is 0 Å². The Hall–Kier alpha value is -0.250. The second-order valence-electron chi connectivity index (χ2n) is 7.16. The molecule has 0 bridgehead atoms. The van der Waals surface area contributed by atoms with E-state index in [4.69, 9.17) is 0 Å². The van der Waals surface area contributed by atoms with E-state index >= 15 is 0 Å². The monoisotopic (exact) mass is 305 g/mol. The number of nitrogens with one attached hydrogen (secondary N) is 1. The van der Waals surface area contributed by atoms with Crippen LogP contribution in [0.5, 0.6) is 0 Å². The average molecular weight is 305 g/mol. The van der Waals surface area contributed by atoms with Crippen LogP contribution in [0.4, 0.5) is 13.2 Å². The van der Waals surface area contributed by atoms with Crippen molar-refractivity contribution in [1.82, 2.24) is 5.32 Å². The first-order valence-corrected chi connectivity index (χ1v) is 8.69. The van der Waals surface area contributed by atoms with Crippen molar-refractivity contribution in [1.29, 1.82) is 0 Å². The lowest BCUT2D eigenvalue weighted by molar-refractivity contribution is -0.184. The highest BCUT2D eigenvalue weighted by Crippen LogP contribution is 2.43. The van der Waals surface area contributed by atoms with E-state index in [1.807, 2.05) is 7.05 Å². The van der Waals surface area contributed by atoms with Gasteiger partial charge in [0.15, 0.2) is 0 Å². The summed E-state index contributed by atoms with van der Waals surface area (Å²) in [5, 5.41) is 3.45. The molecular weight excluding hydrogens is 275 g/mol. The van der Waals surface area contributed by atoms with Crippen LogP contribution in [-0.4, -0.2) is 19.3 Å². The van der Waals surface area contributed by atoms with Gasteiger partial charge >= 0.3 is 6.18 Å². The van der Waals surface area contributed by atoms with Gasteiger partial charge in [0.05, 0.1) is 5.92 Å². The molecule has 0 spiro atoms. The van der Waals surface area contributed by atoms with Gasteiger partial charge in [-0.1, -0.05) is 26.2 Å². The Kier molecular flexibility index (Phi) is 5.98. The molecule has 0 aliphatic heterocycles. The van der Waals surface area contributed by atoms with Gasteiger partial charge in [-0.2, -0.15) is 13.2 Å². The first-order chi connectivity index (χ1) is 9.95. The molecule has 2 rings (SSSR count). The molecule has 2 saturated carbocycles. The molecule has 1 nitrogen and oxygen atoms in total. The van der Waals surface area contributed by atoms with E-state index in [0.717, 1.165) is 18.8 Å². The maximum Gasteiger partial charge on any atom is 0.391 e. The van der Waals surface area contributed by atoms with Gasteiger partial charge in [0.2, 0.25) is 0 Å². The van der Waals surface area contributed by atoms with Crippen molar-refractivity contribution < 1.29 is 13.2 Å². The Morgan fingerprint density at radius 1 is 0.905 bits per heavy atom. The fourth-order valence-electron chi connectivity index (χ4n) is 4.62. The third-order valence-electron chi connectivity index (χ3n) is 6.05. The predicted molar refractivity (Wildman–Crippen MR) is 80.1 cm³/mol. The fraction of sp³-hybridized carbons (Fsp3) is 1.00. The summed E-state index contributed by atoms with van der Waals surface area (Å²) in [6.45, 7) is 2.26. The zero-order valence-corrected chi connectivity index (χ0v) is 13.4. The van der Waals surface area contributed by atoms with Gasteiger partial charge < -0.3 is 5.32 Å².